The van der Waals surface area contributed by atoms with Gasteiger partial charge in [-0.15, -0.1) is 0 Å². The first-order valence-corrected chi connectivity index (χ1v) is 21.3. The molecule has 1 saturated heterocycles. The van der Waals surface area contributed by atoms with Gasteiger partial charge in [-0.1, -0.05) is 161 Å². The van der Waals surface area contributed by atoms with Gasteiger partial charge in [-0.05, 0) is 32.1 Å². The zero-order chi connectivity index (χ0) is 37.2. The summed E-state index contributed by atoms with van der Waals surface area (Å²) in [5, 5.41) is 40.0. The van der Waals surface area contributed by atoms with Crippen molar-refractivity contribution in [1.29, 1.82) is 0 Å². The standard InChI is InChI=1S/C42H80O9/c1-3-5-7-9-11-13-15-16-17-18-19-20-22-24-26-28-30-32-48-34-36(35-49-42-41(47)40(46)39(45)37(33-43)51-42)50-38(44)31-29-27-25-23-21-14-12-10-8-6-4-2/h10,12,36-37,39-43,45-47H,3-9,11,13-35H2,1-2H3/b12-10-. The van der Waals surface area contributed by atoms with Crippen LogP contribution in [0.25, 0.3) is 0 Å². The molecule has 1 fully saturated rings. The number of rotatable bonds is 36. The lowest BCUT2D eigenvalue weighted by atomic mass is 9.99. The molecule has 0 radical (unpaired) electrons. The van der Waals surface area contributed by atoms with Crippen molar-refractivity contribution >= 4 is 5.97 Å². The van der Waals surface area contributed by atoms with E-state index in [0.29, 0.717) is 13.0 Å². The van der Waals surface area contributed by atoms with Crippen molar-refractivity contribution in [2.75, 3.05) is 26.4 Å². The van der Waals surface area contributed by atoms with Gasteiger partial charge in [0.05, 0.1) is 19.8 Å². The number of carbonyl (C=O) groups is 1. The van der Waals surface area contributed by atoms with Gasteiger partial charge in [0, 0.05) is 13.0 Å². The van der Waals surface area contributed by atoms with E-state index in [-0.39, 0.29) is 19.2 Å². The van der Waals surface area contributed by atoms with Crippen LogP contribution in [0.1, 0.15) is 187 Å². The number of carbonyl (C=O) groups excluding carboxylic acids is 1. The summed E-state index contributed by atoms with van der Waals surface area (Å²) in [6.07, 6.45) is 29.5. The molecular weight excluding hydrogens is 648 g/mol. The molecule has 9 heteroatoms. The second-order valence-corrected chi connectivity index (χ2v) is 14.8. The molecule has 0 aliphatic carbocycles. The Labute approximate surface area is 312 Å². The smallest absolute Gasteiger partial charge is 0.306 e. The third kappa shape index (κ3) is 26.4. The van der Waals surface area contributed by atoms with E-state index >= 15 is 0 Å². The molecule has 0 bridgehead atoms. The Bertz CT molecular complexity index is 792. The minimum absolute atomic E-state index is 0.112. The first-order chi connectivity index (χ1) is 24.9. The van der Waals surface area contributed by atoms with Gasteiger partial charge in [-0.3, -0.25) is 4.79 Å². The zero-order valence-electron chi connectivity index (χ0n) is 32.9. The summed E-state index contributed by atoms with van der Waals surface area (Å²) in [4.78, 5) is 12.7. The van der Waals surface area contributed by atoms with Gasteiger partial charge < -0.3 is 39.4 Å². The highest BCUT2D eigenvalue weighted by molar-refractivity contribution is 5.69. The lowest BCUT2D eigenvalue weighted by Gasteiger charge is -2.39. The van der Waals surface area contributed by atoms with E-state index in [1.165, 1.54) is 116 Å². The quantitative estimate of drug-likeness (QED) is 0.0284. The number of aliphatic hydroxyl groups excluding tert-OH is 4. The van der Waals surface area contributed by atoms with Crippen LogP contribution in [0.15, 0.2) is 12.2 Å². The molecule has 1 rings (SSSR count). The van der Waals surface area contributed by atoms with E-state index in [0.717, 1.165) is 51.4 Å². The van der Waals surface area contributed by atoms with Crippen LogP contribution in [0.5, 0.6) is 0 Å². The number of hydrogen-bond acceptors (Lipinski definition) is 9. The van der Waals surface area contributed by atoms with Crippen molar-refractivity contribution in [3.63, 3.8) is 0 Å². The highest BCUT2D eigenvalue weighted by Gasteiger charge is 2.44. The summed E-state index contributed by atoms with van der Waals surface area (Å²) in [6, 6.07) is 0. The summed E-state index contributed by atoms with van der Waals surface area (Å²) in [7, 11) is 0. The molecule has 4 N–H and O–H groups in total. The van der Waals surface area contributed by atoms with Crippen molar-refractivity contribution in [2.24, 2.45) is 0 Å². The lowest BCUT2D eigenvalue weighted by molar-refractivity contribution is -0.305. The second kappa shape index (κ2) is 34.7. The van der Waals surface area contributed by atoms with Crippen LogP contribution < -0.4 is 0 Å². The number of unbranched alkanes of at least 4 members (excludes halogenated alkanes) is 23. The van der Waals surface area contributed by atoms with Crippen LogP contribution in [0.2, 0.25) is 0 Å². The Morgan fingerprint density at radius 1 is 0.608 bits per heavy atom. The average Bonchev–Trinajstić information content (AvgIpc) is 3.13. The van der Waals surface area contributed by atoms with Crippen molar-refractivity contribution in [1.82, 2.24) is 0 Å². The molecule has 9 nitrogen and oxygen atoms in total. The second-order valence-electron chi connectivity index (χ2n) is 14.8. The van der Waals surface area contributed by atoms with E-state index in [2.05, 4.69) is 26.0 Å². The molecule has 51 heavy (non-hydrogen) atoms. The van der Waals surface area contributed by atoms with Crippen molar-refractivity contribution in [3.8, 4) is 0 Å². The normalized spacial score (nSPS) is 21.4. The maximum atomic E-state index is 12.7. The average molecular weight is 729 g/mol. The molecule has 0 spiro atoms. The summed E-state index contributed by atoms with van der Waals surface area (Å²) >= 11 is 0. The van der Waals surface area contributed by atoms with Gasteiger partial charge in [0.2, 0.25) is 0 Å². The minimum Gasteiger partial charge on any atom is -0.457 e. The molecular formula is C42H80O9. The van der Waals surface area contributed by atoms with Crippen LogP contribution in [0.3, 0.4) is 0 Å². The number of aliphatic hydroxyl groups is 4. The predicted molar refractivity (Wildman–Crippen MR) is 206 cm³/mol. The van der Waals surface area contributed by atoms with E-state index < -0.39 is 43.4 Å². The van der Waals surface area contributed by atoms with E-state index in [4.69, 9.17) is 18.9 Å². The van der Waals surface area contributed by atoms with Gasteiger partial charge in [-0.25, -0.2) is 0 Å². The van der Waals surface area contributed by atoms with Gasteiger partial charge in [0.1, 0.15) is 30.5 Å². The Morgan fingerprint density at radius 3 is 1.65 bits per heavy atom. The van der Waals surface area contributed by atoms with E-state index in [1.54, 1.807) is 0 Å². The molecule has 0 amide bonds. The van der Waals surface area contributed by atoms with Crippen molar-refractivity contribution in [3.05, 3.63) is 12.2 Å². The van der Waals surface area contributed by atoms with Crippen LogP contribution in [-0.4, -0.2) is 89.6 Å². The molecule has 1 aliphatic heterocycles. The largest absolute Gasteiger partial charge is 0.457 e. The Morgan fingerprint density at radius 2 is 1.10 bits per heavy atom. The maximum absolute atomic E-state index is 12.7. The first kappa shape index (κ1) is 48.0. The van der Waals surface area contributed by atoms with Crippen LogP contribution in [-0.2, 0) is 23.7 Å². The summed E-state index contributed by atoms with van der Waals surface area (Å²) in [6.45, 7) is 4.53. The van der Waals surface area contributed by atoms with Gasteiger partial charge in [0.25, 0.3) is 0 Å². The molecule has 0 aromatic rings. The Balaban J connectivity index is 2.26. The fourth-order valence-electron chi connectivity index (χ4n) is 6.53. The molecule has 0 aromatic carbocycles. The molecule has 6 atom stereocenters. The SMILES string of the molecule is CCCC/C=C\CCCCCCCC(=O)OC(COCCCCCCCCCCCCCCCCCCC)COC1OC(CO)C(O)C(O)C1O. The topological polar surface area (TPSA) is 135 Å². The lowest BCUT2D eigenvalue weighted by Crippen LogP contribution is -2.59. The minimum atomic E-state index is -1.53. The molecule has 1 heterocycles. The first-order valence-electron chi connectivity index (χ1n) is 21.3. The molecule has 302 valence electrons. The molecule has 6 unspecified atom stereocenters. The molecule has 0 saturated carbocycles. The van der Waals surface area contributed by atoms with Gasteiger partial charge in [-0.2, -0.15) is 0 Å². The third-order valence-electron chi connectivity index (χ3n) is 9.93. The fraction of sp³-hybridized carbons (Fsp3) is 0.929. The Hall–Kier alpha value is -1.07. The summed E-state index contributed by atoms with van der Waals surface area (Å²) in [5.41, 5.74) is 0. The van der Waals surface area contributed by atoms with Gasteiger partial charge in [0.15, 0.2) is 6.29 Å². The highest BCUT2D eigenvalue weighted by Crippen LogP contribution is 2.22. The summed E-state index contributed by atoms with van der Waals surface area (Å²) in [5.74, 6) is -0.322. The summed E-state index contributed by atoms with van der Waals surface area (Å²) < 4.78 is 22.7. The number of esters is 1. The van der Waals surface area contributed by atoms with Gasteiger partial charge >= 0.3 is 5.97 Å². The zero-order valence-corrected chi connectivity index (χ0v) is 32.9. The number of ether oxygens (including phenoxy) is 4. The van der Waals surface area contributed by atoms with E-state index in [9.17, 15) is 25.2 Å². The molecule has 1 aliphatic rings. The number of allylic oxidation sites excluding steroid dienone is 2. The monoisotopic (exact) mass is 729 g/mol. The van der Waals surface area contributed by atoms with Crippen molar-refractivity contribution < 1.29 is 44.2 Å². The molecule has 0 aromatic heterocycles. The van der Waals surface area contributed by atoms with Crippen LogP contribution in [0, 0.1) is 0 Å². The highest BCUT2D eigenvalue weighted by atomic mass is 16.7. The third-order valence-corrected chi connectivity index (χ3v) is 9.93. The predicted octanol–water partition coefficient (Wildman–Crippen LogP) is 8.86. The van der Waals surface area contributed by atoms with Crippen LogP contribution in [0.4, 0.5) is 0 Å². The number of hydrogen-bond donors (Lipinski definition) is 4. The van der Waals surface area contributed by atoms with E-state index in [1.807, 2.05) is 0 Å². The van der Waals surface area contributed by atoms with Crippen molar-refractivity contribution in [2.45, 2.75) is 224 Å². The fourth-order valence-corrected chi connectivity index (χ4v) is 6.53. The Kier molecular flexibility index (Phi) is 32.6. The van der Waals surface area contributed by atoms with Crippen LogP contribution >= 0.6 is 0 Å². The maximum Gasteiger partial charge on any atom is 0.306 e.